The highest BCUT2D eigenvalue weighted by molar-refractivity contribution is 7.20. The van der Waals surface area contributed by atoms with Gasteiger partial charge < -0.3 is 9.88 Å². The molecule has 1 saturated carbocycles. The number of hydrogen-bond donors (Lipinski definition) is 1. The second kappa shape index (κ2) is 5.83. The topological polar surface area (TPSA) is 64.0 Å². The summed E-state index contributed by atoms with van der Waals surface area (Å²) < 4.78 is 1.45. The molecule has 0 atom stereocenters. The Balaban J connectivity index is 1.87. The van der Waals surface area contributed by atoms with Crippen LogP contribution in [0.4, 0.5) is 0 Å². The lowest BCUT2D eigenvalue weighted by Crippen LogP contribution is -2.37. The number of aryl methyl sites for hydroxylation is 2. The summed E-state index contributed by atoms with van der Waals surface area (Å²) in [6, 6.07) is 0.254. The van der Waals surface area contributed by atoms with E-state index in [1.807, 2.05) is 6.92 Å². The molecule has 0 unspecified atom stereocenters. The van der Waals surface area contributed by atoms with Crippen LogP contribution in [0, 0.1) is 12.8 Å². The van der Waals surface area contributed by atoms with Crippen LogP contribution in [0.15, 0.2) is 11.1 Å². The summed E-state index contributed by atoms with van der Waals surface area (Å²) in [6.07, 6.45) is 5.91. The number of thiophene rings is 1. The maximum absolute atomic E-state index is 12.5. The van der Waals surface area contributed by atoms with Crippen molar-refractivity contribution < 1.29 is 4.79 Å². The van der Waals surface area contributed by atoms with Crippen LogP contribution in [0.3, 0.4) is 0 Å². The van der Waals surface area contributed by atoms with E-state index < -0.39 is 0 Å². The number of carbonyl (C=O) groups is 1. The van der Waals surface area contributed by atoms with E-state index in [2.05, 4.69) is 17.2 Å². The highest BCUT2D eigenvalue weighted by atomic mass is 32.1. The maximum atomic E-state index is 12.5. The first-order chi connectivity index (χ1) is 10.5. The Labute approximate surface area is 133 Å². The van der Waals surface area contributed by atoms with Crippen molar-refractivity contribution in [3.63, 3.8) is 0 Å². The molecule has 3 rings (SSSR count). The monoisotopic (exact) mass is 319 g/mol. The smallest absolute Gasteiger partial charge is 0.262 e. The molecule has 1 fully saturated rings. The highest BCUT2D eigenvalue weighted by Crippen LogP contribution is 2.28. The Hall–Kier alpha value is -1.69. The van der Waals surface area contributed by atoms with Gasteiger partial charge in [-0.25, -0.2) is 4.98 Å². The molecule has 5 nitrogen and oxygen atoms in total. The fourth-order valence-electron chi connectivity index (χ4n) is 3.08. The zero-order chi connectivity index (χ0) is 15.9. The molecule has 22 heavy (non-hydrogen) atoms. The van der Waals surface area contributed by atoms with E-state index in [1.54, 1.807) is 7.05 Å². The van der Waals surface area contributed by atoms with Gasteiger partial charge in [-0.05, 0) is 44.1 Å². The van der Waals surface area contributed by atoms with Gasteiger partial charge in [0.2, 0.25) is 0 Å². The average molecular weight is 319 g/mol. The standard InChI is InChI=1S/C16H21N3O2S/c1-9-4-6-11(7-5-9)18-14(20)13-10(2)12-15(22-13)17-8-19(3)16(12)21/h8-9,11H,4-7H2,1-3H3,(H,18,20). The van der Waals surface area contributed by atoms with Crippen molar-refractivity contribution in [2.45, 2.75) is 45.6 Å². The number of amides is 1. The summed E-state index contributed by atoms with van der Waals surface area (Å²) in [4.78, 5) is 30.3. The van der Waals surface area contributed by atoms with Crippen molar-refractivity contribution in [2.75, 3.05) is 0 Å². The van der Waals surface area contributed by atoms with E-state index in [-0.39, 0.29) is 17.5 Å². The third-order valence-electron chi connectivity index (χ3n) is 4.57. The van der Waals surface area contributed by atoms with Gasteiger partial charge in [0.05, 0.1) is 16.6 Å². The fourth-order valence-corrected chi connectivity index (χ4v) is 4.12. The number of nitrogens with zero attached hydrogens (tertiary/aromatic N) is 2. The van der Waals surface area contributed by atoms with Crippen molar-refractivity contribution in [1.29, 1.82) is 0 Å². The molecule has 0 spiro atoms. The summed E-state index contributed by atoms with van der Waals surface area (Å²) in [5.41, 5.74) is 0.652. The van der Waals surface area contributed by atoms with Gasteiger partial charge in [-0.1, -0.05) is 6.92 Å². The molecule has 1 amide bonds. The van der Waals surface area contributed by atoms with Gasteiger partial charge in [-0.3, -0.25) is 9.59 Å². The zero-order valence-corrected chi connectivity index (χ0v) is 14.0. The zero-order valence-electron chi connectivity index (χ0n) is 13.2. The fraction of sp³-hybridized carbons (Fsp3) is 0.562. The van der Waals surface area contributed by atoms with E-state index in [9.17, 15) is 9.59 Å². The predicted molar refractivity (Wildman–Crippen MR) is 88.5 cm³/mol. The Morgan fingerprint density at radius 1 is 1.36 bits per heavy atom. The number of carbonyl (C=O) groups excluding carboxylic acids is 1. The van der Waals surface area contributed by atoms with Gasteiger partial charge >= 0.3 is 0 Å². The van der Waals surface area contributed by atoms with Crippen LogP contribution in [-0.4, -0.2) is 21.5 Å². The highest BCUT2D eigenvalue weighted by Gasteiger charge is 2.23. The van der Waals surface area contributed by atoms with Crippen LogP contribution in [0.5, 0.6) is 0 Å². The van der Waals surface area contributed by atoms with Gasteiger partial charge in [0.25, 0.3) is 11.5 Å². The number of hydrogen-bond acceptors (Lipinski definition) is 4. The predicted octanol–water partition coefficient (Wildman–Crippen LogP) is 2.61. The second-order valence-electron chi connectivity index (χ2n) is 6.33. The summed E-state index contributed by atoms with van der Waals surface area (Å²) in [6.45, 7) is 4.09. The van der Waals surface area contributed by atoms with Crippen molar-refractivity contribution in [3.05, 3.63) is 27.1 Å². The lowest BCUT2D eigenvalue weighted by atomic mass is 9.87. The normalized spacial score (nSPS) is 22.0. The third kappa shape index (κ3) is 2.67. The van der Waals surface area contributed by atoms with E-state index in [0.717, 1.165) is 24.3 Å². The molecule has 2 aromatic heterocycles. The number of rotatable bonds is 2. The van der Waals surface area contributed by atoms with Gasteiger partial charge in [0.1, 0.15) is 4.83 Å². The molecule has 0 aliphatic heterocycles. The molecule has 2 heterocycles. The summed E-state index contributed by atoms with van der Waals surface area (Å²) in [7, 11) is 1.68. The summed E-state index contributed by atoms with van der Waals surface area (Å²) in [5, 5.41) is 3.69. The first-order valence-electron chi connectivity index (χ1n) is 7.73. The number of fused-ring (bicyclic) bond motifs is 1. The molecule has 0 radical (unpaired) electrons. The minimum atomic E-state index is -0.0932. The summed E-state index contributed by atoms with van der Waals surface area (Å²) >= 11 is 1.31. The van der Waals surface area contributed by atoms with Gasteiger partial charge in [0.15, 0.2) is 0 Å². The van der Waals surface area contributed by atoms with Crippen molar-refractivity contribution >= 4 is 27.5 Å². The largest absolute Gasteiger partial charge is 0.349 e. The SMILES string of the molecule is Cc1c(C(=O)NC2CCC(C)CC2)sc2ncn(C)c(=O)c12. The number of nitrogens with one attached hydrogen (secondary N) is 1. The molecular formula is C16H21N3O2S. The van der Waals surface area contributed by atoms with E-state index >= 15 is 0 Å². The average Bonchev–Trinajstić information content (AvgIpc) is 2.83. The molecule has 0 bridgehead atoms. The van der Waals surface area contributed by atoms with Crippen LogP contribution >= 0.6 is 11.3 Å². The van der Waals surface area contributed by atoms with E-state index in [0.29, 0.717) is 15.1 Å². The molecule has 6 heteroatoms. The van der Waals surface area contributed by atoms with Crippen LogP contribution < -0.4 is 10.9 Å². The van der Waals surface area contributed by atoms with Crippen molar-refractivity contribution in [2.24, 2.45) is 13.0 Å². The van der Waals surface area contributed by atoms with E-state index in [4.69, 9.17) is 0 Å². The molecule has 118 valence electrons. The minimum Gasteiger partial charge on any atom is -0.349 e. The first kappa shape index (κ1) is 15.2. The van der Waals surface area contributed by atoms with E-state index in [1.165, 1.54) is 35.1 Å². The van der Waals surface area contributed by atoms with Crippen molar-refractivity contribution in [3.8, 4) is 0 Å². The molecular weight excluding hydrogens is 298 g/mol. The lowest BCUT2D eigenvalue weighted by Gasteiger charge is -2.26. The Morgan fingerprint density at radius 3 is 2.73 bits per heavy atom. The van der Waals surface area contributed by atoms with Gasteiger partial charge in [-0.2, -0.15) is 0 Å². The van der Waals surface area contributed by atoms with Crippen LogP contribution in [0.1, 0.15) is 47.8 Å². The Kier molecular flexibility index (Phi) is 4.04. The van der Waals surface area contributed by atoms with Gasteiger partial charge in [0, 0.05) is 13.1 Å². The third-order valence-corrected chi connectivity index (χ3v) is 5.77. The Morgan fingerprint density at radius 2 is 2.05 bits per heavy atom. The maximum Gasteiger partial charge on any atom is 0.262 e. The first-order valence-corrected chi connectivity index (χ1v) is 8.54. The quantitative estimate of drug-likeness (QED) is 0.925. The van der Waals surface area contributed by atoms with Crippen LogP contribution in [-0.2, 0) is 7.05 Å². The minimum absolute atomic E-state index is 0.0675. The van der Waals surface area contributed by atoms with Gasteiger partial charge in [-0.15, -0.1) is 11.3 Å². The lowest BCUT2D eigenvalue weighted by molar-refractivity contribution is 0.0926. The number of aromatic nitrogens is 2. The Bertz CT molecular complexity index is 770. The second-order valence-corrected chi connectivity index (χ2v) is 7.33. The van der Waals surface area contributed by atoms with Crippen LogP contribution in [0.2, 0.25) is 0 Å². The summed E-state index contributed by atoms with van der Waals surface area (Å²) in [5.74, 6) is 0.688. The molecule has 0 saturated heterocycles. The molecule has 2 aromatic rings. The van der Waals surface area contributed by atoms with Crippen LogP contribution in [0.25, 0.3) is 10.2 Å². The molecule has 1 N–H and O–H groups in total. The molecule has 1 aliphatic carbocycles. The van der Waals surface area contributed by atoms with Crippen molar-refractivity contribution in [1.82, 2.24) is 14.9 Å². The molecule has 1 aliphatic rings. The molecule has 0 aromatic carbocycles.